The van der Waals surface area contributed by atoms with Gasteiger partial charge in [-0.05, 0) is 24.0 Å². The van der Waals surface area contributed by atoms with E-state index in [0.29, 0.717) is 5.92 Å². The van der Waals surface area contributed by atoms with Gasteiger partial charge in [0.1, 0.15) is 0 Å². The van der Waals surface area contributed by atoms with Crippen LogP contribution in [0.2, 0.25) is 0 Å². The van der Waals surface area contributed by atoms with Gasteiger partial charge in [0.05, 0.1) is 5.60 Å². The molecule has 0 bridgehead atoms. The summed E-state index contributed by atoms with van der Waals surface area (Å²) in [4.78, 5) is 2.40. The third kappa shape index (κ3) is 2.00. The SMILES string of the molecule is CCCC1(O)CN(CC2Cc3ccccc32)C1. The van der Waals surface area contributed by atoms with E-state index in [2.05, 4.69) is 36.1 Å². The maximum absolute atomic E-state index is 10.1. The third-order valence-electron chi connectivity index (χ3n) is 4.19. The van der Waals surface area contributed by atoms with Crippen molar-refractivity contribution in [1.29, 1.82) is 0 Å². The topological polar surface area (TPSA) is 23.5 Å². The third-order valence-corrected chi connectivity index (χ3v) is 4.19. The number of β-amino-alcohol motifs (C(OH)–C–C–N with tert-alkyl or cyclic N) is 1. The first-order valence-electron chi connectivity index (χ1n) is 6.73. The molecule has 1 N–H and O–H groups in total. The van der Waals surface area contributed by atoms with Gasteiger partial charge in [-0.1, -0.05) is 37.6 Å². The predicted octanol–water partition coefficient (Wildman–Crippen LogP) is 2.17. The highest BCUT2D eigenvalue weighted by Crippen LogP contribution is 2.37. The molecule has 1 aromatic rings. The fourth-order valence-electron chi connectivity index (χ4n) is 3.38. The highest BCUT2D eigenvalue weighted by molar-refractivity contribution is 5.40. The molecular weight excluding hydrogens is 210 g/mol. The van der Waals surface area contributed by atoms with E-state index in [1.165, 1.54) is 17.5 Å². The van der Waals surface area contributed by atoms with Crippen molar-refractivity contribution < 1.29 is 5.11 Å². The second kappa shape index (κ2) is 4.11. The van der Waals surface area contributed by atoms with Crippen LogP contribution in [-0.2, 0) is 6.42 Å². The molecule has 1 aliphatic carbocycles. The van der Waals surface area contributed by atoms with Gasteiger partial charge in [-0.2, -0.15) is 0 Å². The number of hydrogen-bond donors (Lipinski definition) is 1. The van der Waals surface area contributed by atoms with E-state index < -0.39 is 0 Å². The van der Waals surface area contributed by atoms with Crippen LogP contribution in [0.1, 0.15) is 36.8 Å². The molecule has 1 aliphatic heterocycles. The number of nitrogens with zero attached hydrogens (tertiary/aromatic N) is 1. The lowest BCUT2D eigenvalue weighted by atomic mass is 9.76. The Hall–Kier alpha value is -0.860. The van der Waals surface area contributed by atoms with E-state index in [1.54, 1.807) is 0 Å². The van der Waals surface area contributed by atoms with Crippen LogP contribution in [0.3, 0.4) is 0 Å². The Bertz CT molecular complexity index is 409. The minimum atomic E-state index is -0.377. The summed E-state index contributed by atoms with van der Waals surface area (Å²) >= 11 is 0. The number of likely N-dealkylation sites (tertiary alicyclic amines) is 1. The molecule has 1 fully saturated rings. The molecule has 17 heavy (non-hydrogen) atoms. The fourth-order valence-corrected chi connectivity index (χ4v) is 3.38. The van der Waals surface area contributed by atoms with Crippen molar-refractivity contribution in [3.8, 4) is 0 Å². The summed E-state index contributed by atoms with van der Waals surface area (Å²) in [7, 11) is 0. The molecule has 0 amide bonds. The number of benzene rings is 1. The Balaban J connectivity index is 1.52. The van der Waals surface area contributed by atoms with Crippen molar-refractivity contribution in [2.24, 2.45) is 0 Å². The summed E-state index contributed by atoms with van der Waals surface area (Å²) in [5.41, 5.74) is 2.66. The van der Waals surface area contributed by atoms with E-state index in [9.17, 15) is 5.11 Å². The Morgan fingerprint density at radius 2 is 2.12 bits per heavy atom. The summed E-state index contributed by atoms with van der Waals surface area (Å²) in [5.74, 6) is 0.706. The summed E-state index contributed by atoms with van der Waals surface area (Å²) < 4.78 is 0. The molecule has 1 saturated heterocycles. The smallest absolute Gasteiger partial charge is 0.0900 e. The zero-order valence-corrected chi connectivity index (χ0v) is 10.5. The van der Waals surface area contributed by atoms with Gasteiger partial charge < -0.3 is 5.11 Å². The summed E-state index contributed by atoms with van der Waals surface area (Å²) in [6, 6.07) is 8.74. The quantitative estimate of drug-likeness (QED) is 0.858. The molecule has 1 atom stereocenters. The van der Waals surface area contributed by atoms with Gasteiger partial charge in [-0.15, -0.1) is 0 Å². The van der Waals surface area contributed by atoms with E-state index in [1.807, 2.05) is 0 Å². The van der Waals surface area contributed by atoms with Crippen LogP contribution in [-0.4, -0.2) is 35.2 Å². The van der Waals surface area contributed by atoms with Crippen LogP contribution < -0.4 is 0 Å². The molecule has 1 aromatic carbocycles. The Kier molecular flexibility index (Phi) is 2.72. The lowest BCUT2D eigenvalue weighted by Gasteiger charge is -2.49. The monoisotopic (exact) mass is 231 g/mol. The van der Waals surface area contributed by atoms with Crippen molar-refractivity contribution in [3.05, 3.63) is 35.4 Å². The average molecular weight is 231 g/mol. The van der Waals surface area contributed by atoms with Crippen LogP contribution in [0.4, 0.5) is 0 Å². The molecule has 0 spiro atoms. The highest BCUT2D eigenvalue weighted by Gasteiger charge is 2.41. The largest absolute Gasteiger partial charge is 0.387 e. The van der Waals surface area contributed by atoms with Gasteiger partial charge in [0.25, 0.3) is 0 Å². The van der Waals surface area contributed by atoms with Gasteiger partial charge >= 0.3 is 0 Å². The fraction of sp³-hybridized carbons (Fsp3) is 0.600. The molecule has 2 nitrogen and oxygen atoms in total. The summed E-state index contributed by atoms with van der Waals surface area (Å²) in [6.45, 7) is 5.02. The molecule has 0 aromatic heterocycles. The van der Waals surface area contributed by atoms with Crippen molar-refractivity contribution >= 4 is 0 Å². The number of hydrogen-bond acceptors (Lipinski definition) is 2. The van der Waals surface area contributed by atoms with Crippen molar-refractivity contribution in [2.45, 2.75) is 37.7 Å². The molecule has 3 rings (SSSR count). The van der Waals surface area contributed by atoms with Crippen molar-refractivity contribution in [3.63, 3.8) is 0 Å². The first-order chi connectivity index (χ1) is 8.20. The van der Waals surface area contributed by atoms with Gasteiger partial charge in [0.2, 0.25) is 0 Å². The van der Waals surface area contributed by atoms with Crippen LogP contribution in [0.5, 0.6) is 0 Å². The van der Waals surface area contributed by atoms with Gasteiger partial charge in [-0.25, -0.2) is 0 Å². The Labute approximate surface area is 103 Å². The highest BCUT2D eigenvalue weighted by atomic mass is 16.3. The van der Waals surface area contributed by atoms with Crippen molar-refractivity contribution in [1.82, 2.24) is 4.90 Å². The van der Waals surface area contributed by atoms with E-state index >= 15 is 0 Å². The van der Waals surface area contributed by atoms with Gasteiger partial charge in [-0.3, -0.25) is 4.90 Å². The summed E-state index contributed by atoms with van der Waals surface area (Å²) in [5, 5.41) is 10.1. The molecule has 0 saturated carbocycles. The molecule has 2 heteroatoms. The molecule has 1 unspecified atom stereocenters. The van der Waals surface area contributed by atoms with Crippen molar-refractivity contribution in [2.75, 3.05) is 19.6 Å². The molecule has 1 heterocycles. The molecule has 92 valence electrons. The van der Waals surface area contributed by atoms with Crippen LogP contribution in [0, 0.1) is 0 Å². The van der Waals surface area contributed by atoms with Gasteiger partial charge in [0, 0.05) is 25.6 Å². The van der Waals surface area contributed by atoms with E-state index in [4.69, 9.17) is 0 Å². The van der Waals surface area contributed by atoms with Crippen LogP contribution in [0.15, 0.2) is 24.3 Å². The number of rotatable bonds is 4. The second-order valence-electron chi connectivity index (χ2n) is 5.74. The Morgan fingerprint density at radius 1 is 1.35 bits per heavy atom. The second-order valence-corrected chi connectivity index (χ2v) is 5.74. The normalized spacial score (nSPS) is 25.9. The molecule has 0 radical (unpaired) electrons. The lowest BCUT2D eigenvalue weighted by Crippen LogP contribution is -2.62. The maximum atomic E-state index is 10.1. The van der Waals surface area contributed by atoms with E-state index in [0.717, 1.165) is 32.5 Å². The molecular formula is C15H21NO. The first-order valence-corrected chi connectivity index (χ1v) is 6.73. The standard InChI is InChI=1S/C15H21NO/c1-2-7-15(17)10-16(11-15)9-13-8-12-5-3-4-6-14(12)13/h3-6,13,17H,2,7-11H2,1H3. The average Bonchev–Trinajstić information content (AvgIpc) is 2.23. The Morgan fingerprint density at radius 3 is 2.82 bits per heavy atom. The number of aliphatic hydroxyl groups is 1. The van der Waals surface area contributed by atoms with Crippen LogP contribution in [0.25, 0.3) is 0 Å². The minimum Gasteiger partial charge on any atom is -0.387 e. The predicted molar refractivity (Wildman–Crippen MR) is 69.2 cm³/mol. The summed E-state index contributed by atoms with van der Waals surface area (Å²) in [6.07, 6.45) is 3.25. The zero-order valence-electron chi connectivity index (χ0n) is 10.5. The molecule has 2 aliphatic rings. The number of fused-ring (bicyclic) bond motifs is 1. The lowest BCUT2D eigenvalue weighted by molar-refractivity contribution is -0.105. The first kappa shape index (κ1) is 11.2. The maximum Gasteiger partial charge on any atom is 0.0900 e. The zero-order chi connectivity index (χ0) is 11.9. The van der Waals surface area contributed by atoms with Gasteiger partial charge in [0.15, 0.2) is 0 Å². The minimum absolute atomic E-state index is 0.377. The van der Waals surface area contributed by atoms with E-state index in [-0.39, 0.29) is 5.60 Å². The van der Waals surface area contributed by atoms with Crippen LogP contribution >= 0.6 is 0 Å².